The van der Waals surface area contributed by atoms with Crippen LogP contribution in [0.5, 0.6) is 11.5 Å². The number of hydrogen-bond acceptors (Lipinski definition) is 2. The molecular formula is C32H32O2Si. The predicted octanol–water partition coefficient (Wildman–Crippen LogP) is 6.82. The minimum atomic E-state index is -2.81. The van der Waals surface area contributed by atoms with Gasteiger partial charge in [0.15, 0.2) is 0 Å². The predicted molar refractivity (Wildman–Crippen MR) is 148 cm³/mol. The van der Waals surface area contributed by atoms with Gasteiger partial charge in [-0.25, -0.2) is 0 Å². The van der Waals surface area contributed by atoms with Gasteiger partial charge < -0.3 is 9.53 Å². The monoisotopic (exact) mass is 476 g/mol. The molecule has 0 unspecified atom stereocenters. The SMILES string of the molecule is C=C[C@@H]1Cc2ccccc2-c2cc(O[Si](c3ccccc3)(c3ccccc3)C(C)(C)C)cc(O)c21. The molecule has 0 heterocycles. The maximum absolute atomic E-state index is 11.3. The van der Waals surface area contributed by atoms with Crippen molar-refractivity contribution in [2.45, 2.75) is 38.1 Å². The van der Waals surface area contributed by atoms with E-state index in [2.05, 4.69) is 106 Å². The van der Waals surface area contributed by atoms with Crippen LogP contribution < -0.4 is 14.8 Å². The summed E-state index contributed by atoms with van der Waals surface area (Å²) in [6.45, 7) is 10.8. The van der Waals surface area contributed by atoms with E-state index in [-0.39, 0.29) is 16.7 Å². The molecule has 0 radical (unpaired) electrons. The summed E-state index contributed by atoms with van der Waals surface area (Å²) in [7, 11) is -2.81. The third-order valence-electron chi connectivity index (χ3n) is 7.22. The fourth-order valence-corrected chi connectivity index (χ4v) is 10.0. The van der Waals surface area contributed by atoms with Gasteiger partial charge in [-0.15, -0.1) is 6.58 Å². The molecule has 1 aliphatic rings. The van der Waals surface area contributed by atoms with E-state index in [1.165, 1.54) is 15.9 Å². The van der Waals surface area contributed by atoms with Gasteiger partial charge in [-0.2, -0.15) is 0 Å². The first kappa shape index (κ1) is 23.2. The van der Waals surface area contributed by atoms with Crippen LogP contribution in [-0.2, 0) is 6.42 Å². The van der Waals surface area contributed by atoms with Crippen molar-refractivity contribution in [1.29, 1.82) is 0 Å². The molecule has 0 aliphatic heterocycles. The highest BCUT2D eigenvalue weighted by molar-refractivity contribution is 7.00. The van der Waals surface area contributed by atoms with Crippen molar-refractivity contribution in [3.8, 4) is 22.6 Å². The van der Waals surface area contributed by atoms with Crippen LogP contribution in [0.1, 0.15) is 37.8 Å². The van der Waals surface area contributed by atoms with E-state index in [4.69, 9.17) is 4.43 Å². The van der Waals surface area contributed by atoms with Gasteiger partial charge in [0, 0.05) is 17.5 Å². The van der Waals surface area contributed by atoms with Gasteiger partial charge in [-0.3, -0.25) is 0 Å². The van der Waals surface area contributed by atoms with E-state index in [9.17, 15) is 5.11 Å². The van der Waals surface area contributed by atoms with Gasteiger partial charge in [0.1, 0.15) is 11.5 Å². The molecule has 0 aromatic heterocycles. The summed E-state index contributed by atoms with van der Waals surface area (Å²) in [6.07, 6.45) is 2.78. The zero-order valence-corrected chi connectivity index (χ0v) is 21.7. The maximum atomic E-state index is 11.3. The summed E-state index contributed by atoms with van der Waals surface area (Å²) in [5, 5.41) is 13.5. The Hall–Kier alpha value is -3.56. The topological polar surface area (TPSA) is 29.5 Å². The number of allylic oxidation sites excluding steroid dienone is 1. The molecule has 4 aromatic carbocycles. The Bertz CT molecular complexity index is 1310. The van der Waals surface area contributed by atoms with Gasteiger partial charge in [0.2, 0.25) is 0 Å². The normalized spacial score (nSPS) is 15.1. The first-order valence-electron chi connectivity index (χ1n) is 12.2. The molecule has 2 nitrogen and oxygen atoms in total. The minimum absolute atomic E-state index is 0.0711. The molecule has 35 heavy (non-hydrogen) atoms. The summed E-state index contributed by atoms with van der Waals surface area (Å²) in [4.78, 5) is 0. The smallest absolute Gasteiger partial charge is 0.319 e. The molecule has 0 fully saturated rings. The van der Waals surface area contributed by atoms with Crippen molar-refractivity contribution in [2.75, 3.05) is 0 Å². The molecule has 0 amide bonds. The van der Waals surface area contributed by atoms with Crippen LogP contribution >= 0.6 is 0 Å². The summed E-state index contributed by atoms with van der Waals surface area (Å²) in [6, 6.07) is 33.6. The number of phenolic OH excluding ortho intramolecular Hbond substituents is 1. The Morgan fingerprint density at radius 2 is 1.40 bits per heavy atom. The van der Waals surface area contributed by atoms with Crippen LogP contribution in [0.3, 0.4) is 0 Å². The highest BCUT2D eigenvalue weighted by Crippen LogP contribution is 2.47. The average Bonchev–Trinajstić information content (AvgIpc) is 2.87. The van der Waals surface area contributed by atoms with E-state index >= 15 is 0 Å². The lowest BCUT2D eigenvalue weighted by Gasteiger charge is -2.43. The van der Waals surface area contributed by atoms with E-state index in [1.54, 1.807) is 0 Å². The van der Waals surface area contributed by atoms with Crippen LogP contribution in [0.2, 0.25) is 5.04 Å². The number of hydrogen-bond donors (Lipinski definition) is 1. The quantitative estimate of drug-likeness (QED) is 0.253. The molecular weight excluding hydrogens is 444 g/mol. The maximum Gasteiger partial charge on any atom is 0.319 e. The zero-order chi connectivity index (χ0) is 24.6. The molecule has 1 atom stereocenters. The number of aromatic hydroxyl groups is 1. The molecule has 0 saturated heterocycles. The summed E-state index contributed by atoms with van der Waals surface area (Å²) < 4.78 is 7.22. The molecule has 1 aliphatic carbocycles. The average molecular weight is 477 g/mol. The second-order valence-corrected chi connectivity index (χ2v) is 14.6. The Balaban J connectivity index is 1.74. The van der Waals surface area contributed by atoms with Gasteiger partial charge in [0.05, 0.1) is 0 Å². The van der Waals surface area contributed by atoms with E-state index in [0.29, 0.717) is 5.75 Å². The van der Waals surface area contributed by atoms with Gasteiger partial charge in [0.25, 0.3) is 0 Å². The molecule has 1 N–H and O–H groups in total. The van der Waals surface area contributed by atoms with E-state index in [1.807, 2.05) is 24.3 Å². The van der Waals surface area contributed by atoms with E-state index in [0.717, 1.165) is 23.1 Å². The summed E-state index contributed by atoms with van der Waals surface area (Å²) in [5.41, 5.74) is 4.40. The first-order valence-corrected chi connectivity index (χ1v) is 14.1. The van der Waals surface area contributed by atoms with Crippen LogP contribution in [0.4, 0.5) is 0 Å². The summed E-state index contributed by atoms with van der Waals surface area (Å²) >= 11 is 0. The Labute approximate surface area is 209 Å². The minimum Gasteiger partial charge on any atom is -0.534 e. The Kier molecular flexibility index (Phi) is 5.90. The van der Waals surface area contributed by atoms with Gasteiger partial charge >= 0.3 is 8.32 Å². The van der Waals surface area contributed by atoms with Crippen LogP contribution in [0, 0.1) is 0 Å². The highest BCUT2D eigenvalue weighted by Gasteiger charge is 2.52. The standard InChI is InChI=1S/C32H32O2Si/c1-5-23-20-24-14-12-13-19-28(24)29-21-25(22-30(33)31(23)29)34-35(32(2,3)4,26-15-8-6-9-16-26)27-17-10-7-11-18-27/h5-19,21-23,33H,1,20H2,2-4H3/t23-/m1/s1. The molecule has 176 valence electrons. The fraction of sp³-hybridized carbons (Fsp3) is 0.188. The zero-order valence-electron chi connectivity index (χ0n) is 20.7. The third-order valence-corrected chi connectivity index (χ3v) is 12.2. The first-order chi connectivity index (χ1) is 16.8. The molecule has 4 aromatic rings. The number of fused-ring (bicyclic) bond motifs is 3. The van der Waals surface area contributed by atoms with Crippen LogP contribution in [0.15, 0.2) is 110 Å². The largest absolute Gasteiger partial charge is 0.534 e. The molecule has 0 bridgehead atoms. The summed E-state index contributed by atoms with van der Waals surface area (Å²) in [5.74, 6) is 1.05. The van der Waals surface area contributed by atoms with Crippen molar-refractivity contribution in [2.24, 2.45) is 0 Å². The van der Waals surface area contributed by atoms with Crippen molar-refractivity contribution >= 4 is 18.7 Å². The second-order valence-electron chi connectivity index (χ2n) is 10.4. The Morgan fingerprint density at radius 3 is 1.97 bits per heavy atom. The number of benzene rings is 4. The second kappa shape index (κ2) is 8.90. The molecule has 0 spiro atoms. The lowest BCUT2D eigenvalue weighted by Crippen LogP contribution is -2.68. The molecule has 0 saturated carbocycles. The van der Waals surface area contributed by atoms with Crippen LogP contribution in [-0.4, -0.2) is 13.4 Å². The third kappa shape index (κ3) is 3.90. The van der Waals surface area contributed by atoms with Crippen LogP contribution in [0.25, 0.3) is 11.1 Å². The lowest BCUT2D eigenvalue weighted by molar-refractivity contribution is 0.455. The van der Waals surface area contributed by atoms with Crippen molar-refractivity contribution < 1.29 is 9.53 Å². The number of phenols is 1. The Morgan fingerprint density at radius 1 is 0.829 bits per heavy atom. The van der Waals surface area contributed by atoms with Crippen molar-refractivity contribution in [3.05, 3.63) is 121 Å². The van der Waals surface area contributed by atoms with Gasteiger partial charge in [-0.05, 0) is 44.6 Å². The van der Waals surface area contributed by atoms with E-state index < -0.39 is 8.32 Å². The van der Waals surface area contributed by atoms with Gasteiger partial charge in [-0.1, -0.05) is 112 Å². The lowest BCUT2D eigenvalue weighted by atomic mass is 9.78. The highest BCUT2D eigenvalue weighted by atomic mass is 28.4. The molecule has 5 rings (SSSR count). The molecule has 3 heteroatoms. The van der Waals surface area contributed by atoms with Crippen molar-refractivity contribution in [3.63, 3.8) is 0 Å². The fourth-order valence-electron chi connectivity index (χ4n) is 5.61. The number of rotatable bonds is 5. The van der Waals surface area contributed by atoms with Crippen molar-refractivity contribution in [1.82, 2.24) is 0 Å².